The predicted octanol–water partition coefficient (Wildman–Crippen LogP) is 3.40. The Bertz CT molecular complexity index is 420. The van der Waals surface area contributed by atoms with Crippen LogP contribution in [0.3, 0.4) is 0 Å². The highest BCUT2D eigenvalue weighted by Crippen LogP contribution is 2.22. The van der Waals surface area contributed by atoms with E-state index in [1.54, 1.807) is 6.08 Å². The third-order valence-corrected chi connectivity index (χ3v) is 3.24. The molecule has 90 valence electrons. The monoisotopic (exact) mass is 244 g/mol. The Morgan fingerprint density at radius 1 is 1.24 bits per heavy atom. The normalized spacial score (nSPS) is 14.4. The maximum Gasteiger partial charge on any atom is 0.129 e. The van der Waals surface area contributed by atoms with Gasteiger partial charge < -0.3 is 5.11 Å². The Morgan fingerprint density at radius 3 is 2.29 bits per heavy atom. The number of benzene rings is 1. The first-order valence-electron chi connectivity index (χ1n) is 5.82. The summed E-state index contributed by atoms with van der Waals surface area (Å²) in [7, 11) is -1.40. The summed E-state index contributed by atoms with van der Waals surface area (Å²) in [6.07, 6.45) is 1.14. The first kappa shape index (κ1) is 13.8. The van der Waals surface area contributed by atoms with Crippen LogP contribution in [0.15, 0.2) is 43.0 Å². The summed E-state index contributed by atoms with van der Waals surface area (Å²) < 4.78 is 0. The highest BCUT2D eigenvalue weighted by atomic mass is 28.3. The van der Waals surface area contributed by atoms with Gasteiger partial charge >= 0.3 is 0 Å². The molecule has 1 aromatic rings. The van der Waals surface area contributed by atoms with Gasteiger partial charge in [-0.3, -0.25) is 0 Å². The predicted molar refractivity (Wildman–Crippen MR) is 76.2 cm³/mol. The van der Waals surface area contributed by atoms with Crippen LogP contribution in [0, 0.1) is 17.4 Å². The molecule has 2 unspecified atom stereocenters. The summed E-state index contributed by atoms with van der Waals surface area (Å²) in [5, 5.41) is 10.2. The van der Waals surface area contributed by atoms with E-state index in [2.05, 4.69) is 37.7 Å². The fraction of sp³-hybridized carbons (Fsp3) is 0.333. The van der Waals surface area contributed by atoms with Gasteiger partial charge in [-0.15, -0.1) is 12.1 Å². The molecule has 0 heterocycles. The zero-order valence-electron chi connectivity index (χ0n) is 10.8. The standard InChI is InChI=1S/C15H20OSi/c1-5-13(11-12-17(2,3)4)15(16)14-9-7-6-8-10-14/h5-10,13,15-16H,1H2,2-4H3. The van der Waals surface area contributed by atoms with E-state index >= 15 is 0 Å². The number of rotatable bonds is 3. The van der Waals surface area contributed by atoms with Gasteiger partial charge in [0.2, 0.25) is 0 Å². The molecule has 0 aromatic heterocycles. The van der Waals surface area contributed by atoms with E-state index in [4.69, 9.17) is 0 Å². The topological polar surface area (TPSA) is 20.2 Å². The smallest absolute Gasteiger partial charge is 0.129 e. The van der Waals surface area contributed by atoms with E-state index < -0.39 is 14.2 Å². The molecule has 2 atom stereocenters. The molecule has 0 saturated heterocycles. The molecule has 0 amide bonds. The molecule has 0 radical (unpaired) electrons. The lowest BCUT2D eigenvalue weighted by atomic mass is 9.97. The molecule has 0 saturated carbocycles. The van der Waals surface area contributed by atoms with Crippen molar-refractivity contribution < 1.29 is 5.11 Å². The Hall–Kier alpha value is -1.30. The Morgan fingerprint density at radius 2 is 1.82 bits per heavy atom. The van der Waals surface area contributed by atoms with Crippen molar-refractivity contribution in [2.24, 2.45) is 5.92 Å². The van der Waals surface area contributed by atoms with Crippen molar-refractivity contribution in [2.45, 2.75) is 25.7 Å². The fourth-order valence-corrected chi connectivity index (χ4v) is 2.02. The Kier molecular flexibility index (Phi) is 4.74. The van der Waals surface area contributed by atoms with Crippen molar-refractivity contribution in [1.82, 2.24) is 0 Å². The third kappa shape index (κ3) is 4.60. The van der Waals surface area contributed by atoms with Gasteiger partial charge in [0.15, 0.2) is 0 Å². The minimum atomic E-state index is -1.40. The summed E-state index contributed by atoms with van der Waals surface area (Å²) in [6.45, 7) is 10.3. The molecule has 2 heteroatoms. The molecule has 1 aromatic carbocycles. The molecule has 0 spiro atoms. The lowest BCUT2D eigenvalue weighted by Gasteiger charge is -2.15. The first-order valence-corrected chi connectivity index (χ1v) is 9.32. The summed E-state index contributed by atoms with van der Waals surface area (Å²) in [5.41, 5.74) is 4.17. The quantitative estimate of drug-likeness (QED) is 0.491. The third-order valence-electron chi connectivity index (χ3n) is 2.35. The maximum atomic E-state index is 10.2. The molecular weight excluding hydrogens is 224 g/mol. The molecule has 0 bridgehead atoms. The van der Waals surface area contributed by atoms with Gasteiger partial charge in [0, 0.05) is 0 Å². The SMILES string of the molecule is C=CC(C#C[Si](C)(C)C)C(O)c1ccccc1. The zero-order valence-corrected chi connectivity index (χ0v) is 11.8. The lowest BCUT2D eigenvalue weighted by Crippen LogP contribution is -2.18. The second-order valence-corrected chi connectivity index (χ2v) is 9.89. The minimum Gasteiger partial charge on any atom is -0.387 e. The molecule has 0 aliphatic carbocycles. The van der Waals surface area contributed by atoms with Gasteiger partial charge in [-0.05, 0) is 5.56 Å². The fourth-order valence-electron chi connectivity index (χ4n) is 1.42. The molecule has 0 aliphatic rings. The number of hydrogen-bond donors (Lipinski definition) is 1. The highest BCUT2D eigenvalue weighted by molar-refractivity contribution is 6.83. The lowest BCUT2D eigenvalue weighted by molar-refractivity contribution is 0.155. The van der Waals surface area contributed by atoms with Gasteiger partial charge in [0.1, 0.15) is 8.07 Å². The molecule has 0 fully saturated rings. The second-order valence-electron chi connectivity index (χ2n) is 5.14. The largest absolute Gasteiger partial charge is 0.387 e. The van der Waals surface area contributed by atoms with Crippen LogP contribution in [-0.4, -0.2) is 13.2 Å². The van der Waals surface area contributed by atoms with Gasteiger partial charge in [-0.1, -0.05) is 62.0 Å². The van der Waals surface area contributed by atoms with E-state index in [1.807, 2.05) is 30.3 Å². The zero-order chi connectivity index (χ0) is 12.9. The van der Waals surface area contributed by atoms with E-state index in [9.17, 15) is 5.11 Å². The van der Waals surface area contributed by atoms with Gasteiger partial charge in [-0.2, -0.15) is 0 Å². The Labute approximate surface area is 105 Å². The van der Waals surface area contributed by atoms with Crippen molar-refractivity contribution in [1.29, 1.82) is 0 Å². The maximum absolute atomic E-state index is 10.2. The van der Waals surface area contributed by atoms with E-state index in [0.717, 1.165) is 5.56 Å². The van der Waals surface area contributed by atoms with Crippen LogP contribution in [-0.2, 0) is 0 Å². The molecule has 0 aliphatic heterocycles. The van der Waals surface area contributed by atoms with Crippen LogP contribution in [0.5, 0.6) is 0 Å². The number of aliphatic hydroxyl groups is 1. The molecule has 1 nitrogen and oxygen atoms in total. The summed E-state index contributed by atoms with van der Waals surface area (Å²) >= 11 is 0. The van der Waals surface area contributed by atoms with Crippen LogP contribution in [0.1, 0.15) is 11.7 Å². The summed E-state index contributed by atoms with van der Waals surface area (Å²) in [4.78, 5) is 0. The van der Waals surface area contributed by atoms with E-state index in [-0.39, 0.29) is 5.92 Å². The highest BCUT2D eigenvalue weighted by Gasteiger charge is 2.16. The van der Waals surface area contributed by atoms with Gasteiger partial charge in [0.25, 0.3) is 0 Å². The van der Waals surface area contributed by atoms with Crippen molar-refractivity contribution in [3.8, 4) is 11.5 Å². The average Bonchev–Trinajstić information content (AvgIpc) is 2.29. The van der Waals surface area contributed by atoms with Crippen LogP contribution >= 0.6 is 0 Å². The van der Waals surface area contributed by atoms with E-state index in [0.29, 0.717) is 0 Å². The Balaban J connectivity index is 2.88. The van der Waals surface area contributed by atoms with E-state index in [1.165, 1.54) is 0 Å². The van der Waals surface area contributed by atoms with Crippen LogP contribution < -0.4 is 0 Å². The summed E-state index contributed by atoms with van der Waals surface area (Å²) in [5.74, 6) is 2.96. The average molecular weight is 244 g/mol. The number of hydrogen-bond acceptors (Lipinski definition) is 1. The van der Waals surface area contributed by atoms with Crippen molar-refractivity contribution in [3.63, 3.8) is 0 Å². The second kappa shape index (κ2) is 5.86. The minimum absolute atomic E-state index is 0.191. The van der Waals surface area contributed by atoms with Crippen molar-refractivity contribution in [2.75, 3.05) is 0 Å². The summed E-state index contributed by atoms with van der Waals surface area (Å²) in [6, 6.07) is 9.61. The molecule has 17 heavy (non-hydrogen) atoms. The van der Waals surface area contributed by atoms with Gasteiger partial charge in [-0.25, -0.2) is 0 Å². The molecular formula is C15H20OSi. The van der Waals surface area contributed by atoms with Gasteiger partial charge in [0.05, 0.1) is 12.0 Å². The molecule has 1 N–H and O–H groups in total. The van der Waals surface area contributed by atoms with Crippen molar-refractivity contribution >= 4 is 8.07 Å². The first-order chi connectivity index (χ1) is 7.94. The number of aliphatic hydroxyl groups excluding tert-OH is 1. The molecule has 1 rings (SSSR count). The van der Waals surface area contributed by atoms with Crippen molar-refractivity contribution in [3.05, 3.63) is 48.6 Å². The van der Waals surface area contributed by atoms with Crippen LogP contribution in [0.25, 0.3) is 0 Å². The van der Waals surface area contributed by atoms with Crippen LogP contribution in [0.4, 0.5) is 0 Å². The van der Waals surface area contributed by atoms with Crippen LogP contribution in [0.2, 0.25) is 19.6 Å².